The molecule has 1 saturated heterocycles. The van der Waals surface area contributed by atoms with Gasteiger partial charge in [-0.15, -0.1) is 6.58 Å². The van der Waals surface area contributed by atoms with E-state index in [0.29, 0.717) is 115 Å². The fourth-order valence-electron chi connectivity index (χ4n) is 11.0. The van der Waals surface area contributed by atoms with E-state index in [1.54, 1.807) is 73.7 Å². The molecule has 0 atom stereocenters. The average molecular weight is 2070 g/mol. The van der Waals surface area contributed by atoms with E-state index < -0.39 is 11.9 Å². The number of aliphatic hydroxyl groups is 1. The second-order valence-corrected chi connectivity index (χ2v) is 33.7. The summed E-state index contributed by atoms with van der Waals surface area (Å²) in [5.41, 5.74) is 8.87. The maximum Gasteiger partial charge on any atom is 1.00 e. The van der Waals surface area contributed by atoms with Gasteiger partial charge in [-0.3, -0.25) is 0 Å². The largest absolute Gasteiger partial charge is 1.00 e. The number of carbonyl (C=O) groups is 2. The van der Waals surface area contributed by atoms with Gasteiger partial charge in [0.25, 0.3) is 0 Å². The molecule has 0 unspecified atom stereocenters. The molecule has 10 aromatic rings. The second-order valence-electron chi connectivity index (χ2n) is 25.9. The zero-order valence-corrected chi connectivity index (χ0v) is 79.0. The third kappa shape index (κ3) is 27.7. The average Bonchev–Trinajstić information content (AvgIpc) is 1.61. The first-order valence-electron chi connectivity index (χ1n) is 34.9. The maximum absolute atomic E-state index is 11.7. The summed E-state index contributed by atoms with van der Waals surface area (Å²) in [5.74, 6) is 2.28. The van der Waals surface area contributed by atoms with Crippen molar-refractivity contribution in [1.29, 1.82) is 0 Å². The molecule has 19 nitrogen and oxygen atoms in total. The molecule has 2 aromatic heterocycles. The van der Waals surface area contributed by atoms with Gasteiger partial charge in [0.1, 0.15) is 65.3 Å². The Labute approximate surface area is 776 Å². The number of esters is 1. The quantitative estimate of drug-likeness (QED) is 0.0475. The summed E-state index contributed by atoms with van der Waals surface area (Å²) in [7, 11) is -0.367. The third-order valence-electron chi connectivity index (χ3n) is 17.2. The third-order valence-corrected chi connectivity index (χ3v) is 21.9. The number of allylic oxidation sites excluding steroid dienone is 1. The Morgan fingerprint density at radius 1 is 0.517 bits per heavy atom. The number of nitrogens with zero attached hydrogens (tertiary/aromatic N) is 4. The van der Waals surface area contributed by atoms with Crippen molar-refractivity contribution in [3.63, 3.8) is 0 Å². The molecule has 0 spiro atoms. The Kier molecular flexibility index (Phi) is 39.0. The Bertz CT molecular complexity index is 5150. The standard InChI is InChI=1S/C15H13ClN2O3.C14H18BClO3.C13H9ClN2O3.2C9H8BrClO.C8H8BrClO2.C8H6BrClO.C6H4BrClO.Na/c1-2-20-15(19)13-7-12(17-8-18-13)10-5-9-3-4-21-14(9)11(16)6-10;1-13(2)14(3,4)19-15(18-13)10-7-9-5-6-17-12(9)11(16)8-10;14-9-4-8(3-7-1-2-19-12(7)9)10-5-11(13(17)18)16-6-15-10;1-2-5-12-9-4-3-7(10)6-8(9)11;1-2-3-6-4-7(10)5-8(11)9(6)12;9-6-3-5(1-2-11)8(12)7(10)4-6;9-6-3-5-1-2-11-8(5)7(10)4-6;7-4-1-2-6(9)5(8)3-4;/h5-8H,2-4H2,1H3;7-8H,5-6H2,1-4H3;3-6H,1-2H2,(H,17,18);2-4,6H,1,5H2;2,4-5,12H,1,3H2;3-4,11-12H,1-2H2;3-4H,1-2H2;1-3,9H;/q;;;;;;;;+1/p-1. The van der Waals surface area contributed by atoms with Crippen LogP contribution in [0.1, 0.15) is 89.0 Å². The van der Waals surface area contributed by atoms with E-state index in [2.05, 4.69) is 119 Å². The molecule has 116 heavy (non-hydrogen) atoms. The van der Waals surface area contributed by atoms with Crippen molar-refractivity contribution >= 4 is 197 Å². The fraction of sp³-hybridized carbons (Fsp3) is 0.244. The summed E-state index contributed by atoms with van der Waals surface area (Å²) in [6.07, 6.45) is 10.4. The molecule has 606 valence electrons. The zero-order valence-electron chi connectivity index (χ0n) is 63.0. The number of rotatable bonds is 13. The van der Waals surface area contributed by atoms with Gasteiger partial charge in [0.2, 0.25) is 0 Å². The monoisotopic (exact) mass is 2060 g/mol. The first-order valence-corrected chi connectivity index (χ1v) is 41.9. The maximum atomic E-state index is 11.7. The van der Waals surface area contributed by atoms with Crippen LogP contribution in [0.15, 0.2) is 182 Å². The van der Waals surface area contributed by atoms with Crippen molar-refractivity contribution in [2.45, 2.75) is 84.3 Å². The second kappa shape index (κ2) is 46.4. The number of hydrogen-bond acceptors (Lipinski definition) is 19. The van der Waals surface area contributed by atoms with Crippen LogP contribution >= 0.6 is 172 Å². The van der Waals surface area contributed by atoms with Gasteiger partial charge in [-0.1, -0.05) is 197 Å². The molecule has 7 heterocycles. The molecule has 0 amide bonds. The normalized spacial score (nSPS) is 13.4. The van der Waals surface area contributed by atoms with Crippen LogP contribution in [0.5, 0.6) is 46.0 Å². The van der Waals surface area contributed by atoms with Crippen LogP contribution in [0.25, 0.3) is 22.5 Å². The number of carbonyl (C=O) groups excluding carboxylic acids is 2. The smallest absolute Gasteiger partial charge is 0.543 e. The summed E-state index contributed by atoms with van der Waals surface area (Å²) >= 11 is 63.8. The van der Waals surface area contributed by atoms with Crippen LogP contribution in [-0.2, 0) is 52.6 Å². The number of aromatic hydroxyl groups is 3. The summed E-state index contributed by atoms with van der Waals surface area (Å²) in [4.78, 5) is 38.3. The number of aromatic nitrogens is 4. The molecular formula is C82H73BBr5Cl8N4NaO15. The first kappa shape index (κ1) is 97.5. The van der Waals surface area contributed by atoms with Crippen LogP contribution in [-0.4, -0.2) is 117 Å². The molecule has 0 bridgehead atoms. The molecule has 8 aromatic carbocycles. The molecule has 34 heteroatoms. The van der Waals surface area contributed by atoms with Gasteiger partial charge in [-0.2, -0.15) is 0 Å². The number of phenolic OH excluding ortho intramolecular Hbond substituents is 3. The molecule has 5 aliphatic rings. The van der Waals surface area contributed by atoms with Crippen molar-refractivity contribution in [3.05, 3.63) is 267 Å². The van der Waals surface area contributed by atoms with Crippen LogP contribution in [0.3, 0.4) is 0 Å². The number of hydrogen-bond donors (Lipinski definition) is 4. The van der Waals surface area contributed by atoms with E-state index in [-0.39, 0.29) is 83.1 Å². The van der Waals surface area contributed by atoms with Gasteiger partial charge in [-0.05, 0) is 190 Å². The molecule has 0 radical (unpaired) electrons. The van der Waals surface area contributed by atoms with E-state index in [9.17, 15) is 24.9 Å². The Morgan fingerprint density at radius 3 is 1.41 bits per heavy atom. The Balaban J connectivity index is 0.000000186. The van der Waals surface area contributed by atoms with E-state index >= 15 is 0 Å². The number of carboxylic acid groups (broad SMARTS) is 1. The minimum absolute atomic E-state index is 0. The molecular weight excluding hydrogens is 2000 g/mol. The van der Waals surface area contributed by atoms with E-state index in [1.165, 1.54) is 30.4 Å². The molecule has 4 N–H and O–H groups in total. The minimum Gasteiger partial charge on any atom is -0.543 e. The topological polar surface area (TPSA) is 264 Å². The number of aromatic carboxylic acids is 1. The van der Waals surface area contributed by atoms with Gasteiger partial charge in [-0.25, -0.2) is 24.7 Å². The molecule has 15 rings (SSSR count). The SMILES string of the molecule is C=CCOc1ccc(Br)cc1Cl.C=CCc1cc(Br)cc(Cl)c1O.CC1(C)OB(c2cc(Cl)c3c(c2)CCO3)OC1(C)C.CCOC(=O)c1cc(-c2cc(Cl)c3c(c2)CCO3)ncn1.Clc1cc(Br)cc2c1OCC2.O=C([O-])c1cc(-c2cc(Cl)c3c(c2)CCO3)ncn1.OCCc1cc(Br)cc(Cl)c1O.Oc1ccc(Br)cc1Cl.[Na+]. The van der Waals surface area contributed by atoms with Crippen molar-refractivity contribution in [2.75, 3.05) is 46.2 Å². The van der Waals surface area contributed by atoms with Crippen molar-refractivity contribution in [3.8, 4) is 68.5 Å². The van der Waals surface area contributed by atoms with Crippen LogP contribution in [0.2, 0.25) is 40.2 Å². The van der Waals surface area contributed by atoms with E-state index in [0.717, 1.165) is 111 Å². The number of benzene rings is 8. The number of aliphatic hydroxyl groups excluding tert-OH is 1. The Hall–Kier alpha value is -5.60. The van der Waals surface area contributed by atoms with Crippen molar-refractivity contribution < 1.29 is 102 Å². The van der Waals surface area contributed by atoms with Crippen molar-refractivity contribution in [2.24, 2.45) is 0 Å². The minimum atomic E-state index is -1.33. The predicted octanol–water partition coefficient (Wildman–Crippen LogP) is 19.0. The van der Waals surface area contributed by atoms with Gasteiger partial charge >= 0.3 is 42.6 Å². The number of phenols is 3. The zero-order chi connectivity index (χ0) is 84.0. The first-order chi connectivity index (χ1) is 54.6. The summed E-state index contributed by atoms with van der Waals surface area (Å²) < 4.78 is 48.5. The van der Waals surface area contributed by atoms with Crippen LogP contribution in [0.4, 0.5) is 0 Å². The predicted molar refractivity (Wildman–Crippen MR) is 470 cm³/mol. The van der Waals surface area contributed by atoms with Gasteiger partial charge in [0.05, 0.1) is 107 Å². The Morgan fingerprint density at radius 2 is 0.940 bits per heavy atom. The number of carboxylic acids is 1. The number of fused-ring (bicyclic) bond motifs is 4. The molecule has 1 fully saturated rings. The molecule has 5 aliphatic heterocycles. The van der Waals surface area contributed by atoms with Crippen LogP contribution < -0.4 is 63.8 Å². The summed E-state index contributed by atoms with van der Waals surface area (Å²) in [6, 6.07) is 35.4. The molecule has 0 aliphatic carbocycles. The van der Waals surface area contributed by atoms with Crippen molar-refractivity contribution in [1.82, 2.24) is 19.9 Å². The van der Waals surface area contributed by atoms with Crippen LogP contribution in [0, 0.1) is 0 Å². The summed E-state index contributed by atoms with van der Waals surface area (Å²) in [6.45, 7) is 20.5. The fourth-order valence-corrected chi connectivity index (χ4v) is 16.0. The van der Waals surface area contributed by atoms with E-state index in [1.807, 2.05) is 76.2 Å². The number of ether oxygens (including phenoxy) is 6. The van der Waals surface area contributed by atoms with Gasteiger partial charge in [0, 0.05) is 76.9 Å². The van der Waals surface area contributed by atoms with E-state index in [4.69, 9.17) is 141 Å². The number of halogens is 13. The van der Waals surface area contributed by atoms with Gasteiger partial charge < -0.3 is 68.1 Å². The molecule has 0 saturated carbocycles. The summed E-state index contributed by atoms with van der Waals surface area (Å²) in [5, 5.41) is 51.2. The van der Waals surface area contributed by atoms with Gasteiger partial charge in [0.15, 0.2) is 5.69 Å².